The molecule has 98 valence electrons. The number of aliphatic hydroxyl groups excluding tert-OH is 1. The van der Waals surface area contributed by atoms with Crippen molar-refractivity contribution in [2.45, 2.75) is 25.4 Å². The maximum absolute atomic E-state index is 11.2. The molecule has 2 amide bonds. The lowest BCUT2D eigenvalue weighted by Gasteiger charge is -2.07. The van der Waals surface area contributed by atoms with Gasteiger partial charge < -0.3 is 27.6 Å². The first-order valence-electron chi connectivity index (χ1n) is 5.23. The van der Waals surface area contributed by atoms with Gasteiger partial charge >= 0.3 is 0 Å². The fourth-order valence-electron chi connectivity index (χ4n) is 1.02. The molecule has 0 fully saturated rings. The summed E-state index contributed by atoms with van der Waals surface area (Å²) in [5, 5.41) is 11.6. The first-order chi connectivity index (χ1) is 7.93. The SMILES string of the molecule is NC(=O)C(O)CC(=O)NCCCCN=C(N)N. The summed E-state index contributed by atoms with van der Waals surface area (Å²) in [5.74, 6) is -1.29. The van der Waals surface area contributed by atoms with E-state index in [-0.39, 0.29) is 12.4 Å². The third-order valence-electron chi connectivity index (χ3n) is 1.91. The van der Waals surface area contributed by atoms with Gasteiger partial charge in [0.05, 0.1) is 6.42 Å². The Bertz CT molecular complexity index is 288. The monoisotopic (exact) mass is 245 g/mol. The van der Waals surface area contributed by atoms with Gasteiger partial charge in [-0.3, -0.25) is 14.6 Å². The third-order valence-corrected chi connectivity index (χ3v) is 1.91. The zero-order valence-corrected chi connectivity index (χ0v) is 9.56. The second-order valence-electron chi connectivity index (χ2n) is 3.49. The highest BCUT2D eigenvalue weighted by Crippen LogP contribution is 1.92. The molecular formula is C9H19N5O3. The first-order valence-corrected chi connectivity index (χ1v) is 5.23. The van der Waals surface area contributed by atoms with Gasteiger partial charge in [0.1, 0.15) is 6.10 Å². The van der Waals surface area contributed by atoms with Crippen molar-refractivity contribution in [1.82, 2.24) is 5.32 Å². The number of hydrogen-bond donors (Lipinski definition) is 5. The fraction of sp³-hybridized carbons (Fsp3) is 0.667. The molecule has 0 aliphatic heterocycles. The summed E-state index contributed by atoms with van der Waals surface area (Å²) in [6, 6.07) is 0. The number of unbranched alkanes of at least 4 members (excludes halogenated alkanes) is 1. The molecule has 8 N–H and O–H groups in total. The van der Waals surface area contributed by atoms with Crippen molar-refractivity contribution in [2.75, 3.05) is 13.1 Å². The number of nitrogens with two attached hydrogens (primary N) is 3. The van der Waals surface area contributed by atoms with Gasteiger partial charge in [0.2, 0.25) is 11.8 Å². The van der Waals surface area contributed by atoms with Gasteiger partial charge in [-0.25, -0.2) is 0 Å². The molecule has 0 saturated heterocycles. The number of carbonyl (C=O) groups excluding carboxylic acids is 2. The topological polar surface area (TPSA) is 157 Å². The van der Waals surface area contributed by atoms with E-state index in [1.807, 2.05) is 0 Å². The number of hydrogen-bond acceptors (Lipinski definition) is 4. The summed E-state index contributed by atoms with van der Waals surface area (Å²) < 4.78 is 0. The van der Waals surface area contributed by atoms with Crippen molar-refractivity contribution in [3.63, 3.8) is 0 Å². The maximum atomic E-state index is 11.2. The number of primary amides is 1. The van der Waals surface area contributed by atoms with Crippen LogP contribution in [0.3, 0.4) is 0 Å². The molecule has 0 aliphatic rings. The highest BCUT2D eigenvalue weighted by molar-refractivity contribution is 5.86. The second-order valence-corrected chi connectivity index (χ2v) is 3.49. The molecular weight excluding hydrogens is 226 g/mol. The third kappa shape index (κ3) is 9.12. The summed E-state index contributed by atoms with van der Waals surface area (Å²) >= 11 is 0. The second kappa shape index (κ2) is 8.34. The smallest absolute Gasteiger partial charge is 0.246 e. The average Bonchev–Trinajstić information content (AvgIpc) is 2.22. The zero-order valence-electron chi connectivity index (χ0n) is 9.56. The van der Waals surface area contributed by atoms with E-state index >= 15 is 0 Å². The predicted molar refractivity (Wildman–Crippen MR) is 62.7 cm³/mol. The zero-order chi connectivity index (χ0) is 13.3. The van der Waals surface area contributed by atoms with Gasteiger partial charge in [0.25, 0.3) is 0 Å². The number of amides is 2. The number of aliphatic hydroxyl groups is 1. The van der Waals surface area contributed by atoms with E-state index in [4.69, 9.17) is 22.3 Å². The van der Waals surface area contributed by atoms with E-state index in [1.54, 1.807) is 0 Å². The van der Waals surface area contributed by atoms with Crippen LogP contribution in [-0.2, 0) is 9.59 Å². The first kappa shape index (κ1) is 15.2. The summed E-state index contributed by atoms with van der Waals surface area (Å²) in [6.45, 7) is 0.937. The molecule has 0 radical (unpaired) electrons. The summed E-state index contributed by atoms with van der Waals surface area (Å²) in [6.07, 6.45) is -0.314. The van der Waals surface area contributed by atoms with Crippen LogP contribution in [0, 0.1) is 0 Å². The lowest BCUT2D eigenvalue weighted by molar-refractivity contribution is -0.132. The fourth-order valence-corrected chi connectivity index (χ4v) is 1.02. The highest BCUT2D eigenvalue weighted by Gasteiger charge is 2.15. The Balaban J connectivity index is 3.52. The lowest BCUT2D eigenvalue weighted by atomic mass is 10.2. The Kier molecular flexibility index (Phi) is 7.44. The number of nitrogens with one attached hydrogen (secondary N) is 1. The minimum atomic E-state index is -1.43. The van der Waals surface area contributed by atoms with Crippen molar-refractivity contribution in [3.05, 3.63) is 0 Å². The summed E-state index contributed by atoms with van der Waals surface area (Å²) in [7, 11) is 0. The number of rotatable bonds is 8. The van der Waals surface area contributed by atoms with Gasteiger partial charge in [0, 0.05) is 13.1 Å². The van der Waals surface area contributed by atoms with E-state index in [2.05, 4.69) is 10.3 Å². The van der Waals surface area contributed by atoms with Crippen LogP contribution in [0.2, 0.25) is 0 Å². The van der Waals surface area contributed by atoms with Crippen LogP contribution in [0.1, 0.15) is 19.3 Å². The van der Waals surface area contributed by atoms with Gasteiger partial charge in [-0.15, -0.1) is 0 Å². The Morgan fingerprint density at radius 1 is 1.24 bits per heavy atom. The molecule has 8 heteroatoms. The van der Waals surface area contributed by atoms with E-state index < -0.39 is 17.9 Å². The van der Waals surface area contributed by atoms with Crippen molar-refractivity contribution in [2.24, 2.45) is 22.2 Å². The van der Waals surface area contributed by atoms with Gasteiger partial charge in [-0.05, 0) is 12.8 Å². The highest BCUT2D eigenvalue weighted by atomic mass is 16.3. The molecule has 1 atom stereocenters. The number of aliphatic imine (C=N–C) groups is 1. The lowest BCUT2D eigenvalue weighted by Crippen LogP contribution is -2.35. The van der Waals surface area contributed by atoms with Crippen LogP contribution >= 0.6 is 0 Å². The number of carbonyl (C=O) groups is 2. The van der Waals surface area contributed by atoms with Crippen molar-refractivity contribution >= 4 is 17.8 Å². The molecule has 0 saturated carbocycles. The Labute approximate surface area is 99.2 Å². The predicted octanol–water partition coefficient (Wildman–Crippen LogP) is -2.61. The largest absolute Gasteiger partial charge is 0.383 e. The van der Waals surface area contributed by atoms with Crippen molar-refractivity contribution in [1.29, 1.82) is 0 Å². The minimum Gasteiger partial charge on any atom is -0.383 e. The molecule has 0 aromatic rings. The normalized spacial score (nSPS) is 11.6. The Morgan fingerprint density at radius 3 is 2.41 bits per heavy atom. The average molecular weight is 245 g/mol. The molecule has 0 aromatic carbocycles. The van der Waals surface area contributed by atoms with Gasteiger partial charge in [0.15, 0.2) is 5.96 Å². The maximum Gasteiger partial charge on any atom is 0.246 e. The molecule has 0 heterocycles. The molecule has 0 spiro atoms. The molecule has 0 bridgehead atoms. The van der Waals surface area contributed by atoms with Crippen LogP contribution < -0.4 is 22.5 Å². The van der Waals surface area contributed by atoms with E-state index in [0.29, 0.717) is 19.5 Å². The van der Waals surface area contributed by atoms with Gasteiger partial charge in [-0.1, -0.05) is 0 Å². The molecule has 8 nitrogen and oxygen atoms in total. The molecule has 0 aliphatic carbocycles. The van der Waals surface area contributed by atoms with Crippen LogP contribution in [0.25, 0.3) is 0 Å². The van der Waals surface area contributed by atoms with Crippen molar-refractivity contribution in [3.8, 4) is 0 Å². The van der Waals surface area contributed by atoms with Gasteiger partial charge in [-0.2, -0.15) is 0 Å². The summed E-state index contributed by atoms with van der Waals surface area (Å²) in [4.78, 5) is 25.4. The van der Waals surface area contributed by atoms with E-state index in [1.165, 1.54) is 0 Å². The van der Waals surface area contributed by atoms with Crippen LogP contribution in [0.15, 0.2) is 4.99 Å². The standard InChI is InChI=1S/C9H19N5O3/c10-8(17)6(15)5-7(16)13-3-1-2-4-14-9(11)12/h6,15H,1-5H2,(H2,10,17)(H,13,16)(H4,11,12,14). The molecule has 0 rings (SSSR count). The van der Waals surface area contributed by atoms with E-state index in [0.717, 1.165) is 6.42 Å². The minimum absolute atomic E-state index is 0.0404. The quantitative estimate of drug-likeness (QED) is 0.180. The van der Waals surface area contributed by atoms with Crippen LogP contribution in [-0.4, -0.2) is 42.1 Å². The molecule has 17 heavy (non-hydrogen) atoms. The summed E-state index contributed by atoms with van der Waals surface area (Å²) in [5.41, 5.74) is 15.0. The molecule has 1 unspecified atom stereocenters. The Hall–Kier alpha value is -1.83. The van der Waals surface area contributed by atoms with Crippen LogP contribution in [0.4, 0.5) is 0 Å². The van der Waals surface area contributed by atoms with E-state index in [9.17, 15) is 9.59 Å². The number of guanidine groups is 1. The van der Waals surface area contributed by atoms with Crippen molar-refractivity contribution < 1.29 is 14.7 Å². The Morgan fingerprint density at radius 2 is 1.88 bits per heavy atom. The van der Waals surface area contributed by atoms with Crippen LogP contribution in [0.5, 0.6) is 0 Å². The number of nitrogens with zero attached hydrogens (tertiary/aromatic N) is 1. The molecule has 0 aromatic heterocycles.